The lowest BCUT2D eigenvalue weighted by Crippen LogP contribution is -2.19. The molecule has 1 spiro atoms. The van der Waals surface area contributed by atoms with Crippen LogP contribution in [0.2, 0.25) is 0 Å². The molecule has 0 aromatic heterocycles. The summed E-state index contributed by atoms with van der Waals surface area (Å²) in [5, 5.41) is 0. The van der Waals surface area contributed by atoms with E-state index in [1.165, 1.54) is 38.8 Å². The van der Waals surface area contributed by atoms with Gasteiger partial charge in [-0.25, -0.2) is 0 Å². The van der Waals surface area contributed by atoms with Gasteiger partial charge in [-0.2, -0.15) is 0 Å². The van der Waals surface area contributed by atoms with Gasteiger partial charge in [0.15, 0.2) is 0 Å². The smallest absolute Gasteiger partial charge is 0.0144 e. The maximum absolute atomic E-state index is 4.40. The minimum absolute atomic E-state index is 0.682. The SMILES string of the molecule is CC1CCC2(CCN(S)C2)C1. The summed E-state index contributed by atoms with van der Waals surface area (Å²) in [6.45, 7) is 4.83. The Bertz CT molecular complexity index is 140. The van der Waals surface area contributed by atoms with E-state index in [-0.39, 0.29) is 0 Å². The molecule has 0 aromatic carbocycles. The van der Waals surface area contributed by atoms with Gasteiger partial charge in [-0.3, -0.25) is 4.31 Å². The summed E-state index contributed by atoms with van der Waals surface area (Å²) in [7, 11) is 0. The van der Waals surface area contributed by atoms with E-state index >= 15 is 0 Å². The summed E-state index contributed by atoms with van der Waals surface area (Å²) in [4.78, 5) is 0. The fourth-order valence-electron chi connectivity index (χ4n) is 2.78. The molecule has 1 nitrogen and oxygen atoms in total. The van der Waals surface area contributed by atoms with E-state index in [9.17, 15) is 0 Å². The zero-order valence-electron chi connectivity index (χ0n) is 7.21. The van der Waals surface area contributed by atoms with Gasteiger partial charge in [-0.15, -0.1) is 0 Å². The zero-order valence-corrected chi connectivity index (χ0v) is 8.11. The summed E-state index contributed by atoms with van der Waals surface area (Å²) < 4.78 is 2.19. The second-order valence-corrected chi connectivity index (χ2v) is 5.05. The summed E-state index contributed by atoms with van der Waals surface area (Å²) >= 11 is 4.40. The van der Waals surface area contributed by atoms with Crippen LogP contribution in [0.4, 0.5) is 0 Å². The fraction of sp³-hybridized carbons (Fsp3) is 1.00. The molecular weight excluding hydrogens is 154 g/mol. The topological polar surface area (TPSA) is 3.24 Å². The molecule has 0 aromatic rings. The first kappa shape index (κ1) is 7.93. The Labute approximate surface area is 74.7 Å². The second kappa shape index (κ2) is 2.67. The van der Waals surface area contributed by atoms with E-state index in [0.717, 1.165) is 5.92 Å². The van der Waals surface area contributed by atoms with Gasteiger partial charge in [0.2, 0.25) is 0 Å². The van der Waals surface area contributed by atoms with Crippen molar-refractivity contribution in [2.75, 3.05) is 13.1 Å². The van der Waals surface area contributed by atoms with Gasteiger partial charge in [-0.1, -0.05) is 26.2 Å². The predicted molar refractivity (Wildman–Crippen MR) is 50.6 cm³/mol. The first-order valence-corrected chi connectivity index (χ1v) is 5.04. The molecule has 2 fully saturated rings. The number of thiol groups is 1. The van der Waals surface area contributed by atoms with Gasteiger partial charge >= 0.3 is 0 Å². The lowest BCUT2D eigenvalue weighted by Gasteiger charge is -2.21. The zero-order chi connectivity index (χ0) is 7.90. The summed E-state index contributed by atoms with van der Waals surface area (Å²) in [6.07, 6.45) is 5.73. The molecule has 11 heavy (non-hydrogen) atoms. The van der Waals surface area contributed by atoms with Crippen molar-refractivity contribution in [1.82, 2.24) is 4.31 Å². The predicted octanol–water partition coefficient (Wildman–Crippen LogP) is 2.34. The summed E-state index contributed by atoms with van der Waals surface area (Å²) in [6, 6.07) is 0. The lowest BCUT2D eigenvalue weighted by atomic mass is 9.85. The van der Waals surface area contributed by atoms with Crippen molar-refractivity contribution >= 4 is 12.8 Å². The van der Waals surface area contributed by atoms with Crippen LogP contribution in [0.5, 0.6) is 0 Å². The van der Waals surface area contributed by atoms with Gasteiger partial charge in [0, 0.05) is 13.1 Å². The van der Waals surface area contributed by atoms with Gasteiger partial charge in [0.05, 0.1) is 0 Å². The normalized spacial score (nSPS) is 45.8. The van der Waals surface area contributed by atoms with E-state index in [4.69, 9.17) is 0 Å². The highest BCUT2D eigenvalue weighted by molar-refractivity contribution is 7.77. The van der Waals surface area contributed by atoms with Crippen molar-refractivity contribution in [3.8, 4) is 0 Å². The van der Waals surface area contributed by atoms with E-state index in [0.29, 0.717) is 5.41 Å². The number of rotatable bonds is 0. The standard InChI is InChI=1S/C9H17NS/c1-8-2-3-9(6-8)4-5-10(11)7-9/h8,11H,2-7H2,1H3. The highest BCUT2D eigenvalue weighted by atomic mass is 32.1. The van der Waals surface area contributed by atoms with Crippen molar-refractivity contribution in [2.24, 2.45) is 11.3 Å². The maximum atomic E-state index is 4.40. The Balaban J connectivity index is 2.02. The molecule has 2 atom stereocenters. The van der Waals surface area contributed by atoms with Crippen molar-refractivity contribution < 1.29 is 0 Å². The van der Waals surface area contributed by atoms with Crippen LogP contribution >= 0.6 is 12.8 Å². The molecule has 2 rings (SSSR count). The summed E-state index contributed by atoms with van der Waals surface area (Å²) in [5.74, 6) is 0.967. The van der Waals surface area contributed by atoms with Crippen molar-refractivity contribution in [3.63, 3.8) is 0 Å². The Morgan fingerprint density at radius 1 is 1.45 bits per heavy atom. The van der Waals surface area contributed by atoms with Crippen LogP contribution in [-0.2, 0) is 0 Å². The molecule has 0 amide bonds. The van der Waals surface area contributed by atoms with Crippen molar-refractivity contribution in [3.05, 3.63) is 0 Å². The highest BCUT2D eigenvalue weighted by Gasteiger charge is 2.41. The Kier molecular flexibility index (Phi) is 1.92. The van der Waals surface area contributed by atoms with Crippen LogP contribution < -0.4 is 0 Å². The molecule has 0 N–H and O–H groups in total. The Hall–Kier alpha value is 0.310. The molecule has 1 heterocycles. The minimum Gasteiger partial charge on any atom is -0.253 e. The molecule has 64 valence electrons. The van der Waals surface area contributed by atoms with Crippen molar-refractivity contribution in [1.29, 1.82) is 0 Å². The molecule has 1 saturated carbocycles. The highest BCUT2D eigenvalue weighted by Crippen LogP contribution is 2.48. The number of hydrogen-bond acceptors (Lipinski definition) is 2. The monoisotopic (exact) mass is 171 g/mol. The quantitative estimate of drug-likeness (QED) is 0.548. The maximum Gasteiger partial charge on any atom is 0.0144 e. The minimum atomic E-state index is 0.682. The van der Waals surface area contributed by atoms with Crippen LogP contribution in [0.25, 0.3) is 0 Å². The Morgan fingerprint density at radius 2 is 2.27 bits per heavy atom. The molecule has 2 heteroatoms. The number of nitrogens with zero attached hydrogens (tertiary/aromatic N) is 1. The third-order valence-corrected chi connectivity index (χ3v) is 3.71. The second-order valence-electron chi connectivity index (χ2n) is 4.49. The molecule has 0 bridgehead atoms. The first-order valence-electron chi connectivity index (χ1n) is 4.64. The first-order chi connectivity index (χ1) is 5.20. The third kappa shape index (κ3) is 1.43. The average molecular weight is 171 g/mol. The van der Waals surface area contributed by atoms with E-state index < -0.39 is 0 Å². The van der Waals surface area contributed by atoms with E-state index in [1.54, 1.807) is 0 Å². The van der Waals surface area contributed by atoms with Crippen molar-refractivity contribution in [2.45, 2.75) is 32.6 Å². The fourth-order valence-corrected chi connectivity index (χ4v) is 3.18. The molecule has 2 unspecified atom stereocenters. The molecule has 1 saturated heterocycles. The van der Waals surface area contributed by atoms with Crippen LogP contribution in [-0.4, -0.2) is 17.4 Å². The average Bonchev–Trinajstić information content (AvgIpc) is 2.44. The molecule has 1 aliphatic carbocycles. The van der Waals surface area contributed by atoms with Crippen LogP contribution in [0.3, 0.4) is 0 Å². The number of hydrogen-bond donors (Lipinski definition) is 1. The van der Waals surface area contributed by atoms with E-state index in [1.807, 2.05) is 0 Å². The molecule has 1 aliphatic heterocycles. The van der Waals surface area contributed by atoms with Gasteiger partial charge < -0.3 is 0 Å². The molecule has 0 radical (unpaired) electrons. The van der Waals surface area contributed by atoms with Crippen LogP contribution in [0, 0.1) is 11.3 Å². The summed E-state index contributed by atoms with van der Waals surface area (Å²) in [5.41, 5.74) is 0.682. The lowest BCUT2D eigenvalue weighted by molar-refractivity contribution is 0.309. The Morgan fingerprint density at radius 3 is 2.73 bits per heavy atom. The van der Waals surface area contributed by atoms with Gasteiger partial charge in [0.25, 0.3) is 0 Å². The van der Waals surface area contributed by atoms with Gasteiger partial charge in [0.1, 0.15) is 0 Å². The van der Waals surface area contributed by atoms with Gasteiger partial charge in [-0.05, 0) is 30.6 Å². The molecular formula is C9H17NS. The van der Waals surface area contributed by atoms with Crippen LogP contribution in [0.15, 0.2) is 0 Å². The molecule has 2 aliphatic rings. The third-order valence-electron chi connectivity index (χ3n) is 3.37. The largest absolute Gasteiger partial charge is 0.253 e. The van der Waals surface area contributed by atoms with Crippen LogP contribution in [0.1, 0.15) is 32.6 Å². The van der Waals surface area contributed by atoms with E-state index in [2.05, 4.69) is 24.0 Å².